The van der Waals surface area contributed by atoms with E-state index in [-0.39, 0.29) is 17.6 Å². The Morgan fingerprint density at radius 1 is 0.956 bits per heavy atom. The zero-order chi connectivity index (χ0) is 33.1. The minimum absolute atomic E-state index is 0. The molecular weight excluding hydrogens is 615 g/mol. The number of anilines is 2. The summed E-state index contributed by atoms with van der Waals surface area (Å²) in [5.41, 5.74) is 9.97. The van der Waals surface area contributed by atoms with Gasteiger partial charge in [-0.05, 0) is 106 Å². The second-order valence-electron chi connectivity index (χ2n) is 11.8. The number of hydrogen-bond donors (Lipinski definition) is 5. The lowest BCUT2D eigenvalue weighted by Crippen LogP contribution is -2.36. The third-order valence-corrected chi connectivity index (χ3v) is 6.93. The average molecular weight is 656 g/mol. The lowest BCUT2D eigenvalue weighted by Gasteiger charge is -2.24. The molecule has 45 heavy (non-hydrogen) atoms. The molecule has 0 aromatic heterocycles. The number of carbonyl (C=O) groups excluding carboxylic acids is 2. The van der Waals surface area contributed by atoms with Crippen molar-refractivity contribution in [1.29, 1.82) is 0 Å². The smallest absolute Gasteiger partial charge is 0.334 e. The number of halogens is 2. The van der Waals surface area contributed by atoms with Gasteiger partial charge in [0.1, 0.15) is 0 Å². The molecule has 0 saturated carbocycles. The van der Waals surface area contributed by atoms with Crippen LogP contribution < -0.4 is 21.3 Å². The van der Waals surface area contributed by atoms with Gasteiger partial charge in [-0.2, -0.15) is 0 Å². The molecule has 0 aliphatic heterocycles. The van der Waals surface area contributed by atoms with E-state index >= 15 is 0 Å². The molecule has 0 radical (unpaired) electrons. The van der Waals surface area contributed by atoms with Crippen molar-refractivity contribution in [3.63, 3.8) is 0 Å². The number of allylic oxidation sites excluding steroid dienone is 2. The number of nitrogens with two attached hydrogens (primary N) is 1. The van der Waals surface area contributed by atoms with E-state index in [0.29, 0.717) is 21.4 Å². The van der Waals surface area contributed by atoms with Crippen molar-refractivity contribution < 1.29 is 24.6 Å². The lowest BCUT2D eigenvalue weighted by molar-refractivity contribution is -0.146. The summed E-state index contributed by atoms with van der Waals surface area (Å²) in [5, 5.41) is 24.2. The molecule has 3 amide bonds. The fraction of sp³-hybridized carbons (Fsp3) is 0.324. The van der Waals surface area contributed by atoms with Gasteiger partial charge in [0.05, 0.1) is 13.1 Å². The number of carboxylic acids is 1. The molecule has 0 spiro atoms. The monoisotopic (exact) mass is 654 g/mol. The molecule has 3 aromatic rings. The number of carboxylic acid groups (broad SMARTS) is 1. The summed E-state index contributed by atoms with van der Waals surface area (Å²) in [6.07, 6.45) is 5.06. The predicted octanol–water partition coefficient (Wildman–Crippen LogP) is 7.11. The zero-order valence-electron chi connectivity index (χ0n) is 25.6. The van der Waals surface area contributed by atoms with E-state index in [4.69, 9.17) is 34.0 Å². The largest absolute Gasteiger partial charge is 0.479 e. The van der Waals surface area contributed by atoms with Crippen LogP contribution in [0.4, 0.5) is 16.2 Å². The van der Waals surface area contributed by atoms with Gasteiger partial charge < -0.3 is 26.6 Å². The summed E-state index contributed by atoms with van der Waals surface area (Å²) in [5.74, 6) is -1.94. The molecule has 6 N–H and O–H groups in total. The molecule has 1 aliphatic carbocycles. The molecule has 11 heteroatoms. The normalized spacial score (nSPS) is 13.4. The van der Waals surface area contributed by atoms with Gasteiger partial charge in [-0.25, -0.2) is 9.59 Å². The highest BCUT2D eigenvalue weighted by Crippen LogP contribution is 2.29. The predicted molar refractivity (Wildman–Crippen MR) is 181 cm³/mol. The van der Waals surface area contributed by atoms with Crippen molar-refractivity contribution in [3.05, 3.63) is 99.5 Å². The number of benzene rings is 3. The first-order valence-electron chi connectivity index (χ1n) is 14.6. The van der Waals surface area contributed by atoms with E-state index in [9.17, 15) is 19.5 Å². The number of rotatable bonds is 9. The van der Waals surface area contributed by atoms with Gasteiger partial charge >= 0.3 is 12.0 Å². The Morgan fingerprint density at radius 3 is 2.09 bits per heavy atom. The van der Waals surface area contributed by atoms with Gasteiger partial charge in [0.25, 0.3) is 5.91 Å². The van der Waals surface area contributed by atoms with E-state index in [1.807, 2.05) is 45.0 Å². The molecule has 0 saturated heterocycles. The Bertz CT molecular complexity index is 1480. The molecule has 4 rings (SSSR count). The maximum Gasteiger partial charge on any atom is 0.334 e. The minimum Gasteiger partial charge on any atom is -0.479 e. The van der Waals surface area contributed by atoms with Crippen molar-refractivity contribution in [2.45, 2.75) is 64.6 Å². The van der Waals surface area contributed by atoms with Crippen LogP contribution in [0, 0.1) is 0 Å². The van der Waals surface area contributed by atoms with Crippen molar-refractivity contribution in [3.8, 4) is 0 Å². The second-order valence-corrected chi connectivity index (χ2v) is 12.7. The van der Waals surface area contributed by atoms with Crippen molar-refractivity contribution in [2.75, 3.05) is 16.8 Å². The number of hydrogen-bond acceptors (Lipinski definition) is 5. The minimum atomic E-state index is -1.69. The highest BCUT2D eigenvalue weighted by molar-refractivity contribution is 6.35. The molecule has 1 aliphatic rings. The highest BCUT2D eigenvalue weighted by atomic mass is 35.5. The van der Waals surface area contributed by atoms with E-state index in [0.717, 1.165) is 24.0 Å². The summed E-state index contributed by atoms with van der Waals surface area (Å²) in [6.45, 7) is 5.68. The quantitative estimate of drug-likeness (QED) is 0.166. The molecular formula is C34H40Cl2N4O5. The number of aliphatic hydroxyl groups excluding tert-OH is 1. The van der Waals surface area contributed by atoms with Crippen molar-refractivity contribution in [2.24, 2.45) is 5.73 Å². The fourth-order valence-corrected chi connectivity index (χ4v) is 4.90. The zero-order valence-corrected chi connectivity index (χ0v) is 27.2. The number of amides is 3. The SMILES string of the molecule is CC(C)(C)N.O=C(NCC(O)C(=O)O)c1ccc(CN(C(=O)Nc2cc(Cl)cc(Cl)c2)c2ccc(C3=CCCCC3)cc2)cc1. The van der Waals surface area contributed by atoms with Gasteiger partial charge in [0.2, 0.25) is 0 Å². The van der Waals surface area contributed by atoms with Crippen molar-refractivity contribution in [1.82, 2.24) is 5.32 Å². The first-order chi connectivity index (χ1) is 21.2. The third-order valence-electron chi connectivity index (χ3n) is 6.50. The van der Waals surface area contributed by atoms with E-state index < -0.39 is 30.6 Å². The lowest BCUT2D eigenvalue weighted by atomic mass is 9.93. The number of carbonyl (C=O) groups is 3. The van der Waals surface area contributed by atoms with Crippen LogP contribution in [-0.4, -0.2) is 46.3 Å². The van der Waals surface area contributed by atoms with Crippen LogP contribution in [-0.2, 0) is 11.3 Å². The van der Waals surface area contributed by atoms with Gasteiger partial charge in [-0.3, -0.25) is 9.69 Å². The Morgan fingerprint density at radius 2 is 1.56 bits per heavy atom. The average Bonchev–Trinajstić information content (AvgIpc) is 2.98. The van der Waals surface area contributed by atoms with Crippen LogP contribution in [0.3, 0.4) is 0 Å². The number of urea groups is 1. The molecule has 240 valence electrons. The van der Waals surface area contributed by atoms with E-state index in [1.54, 1.807) is 47.4 Å². The maximum atomic E-state index is 13.5. The summed E-state index contributed by atoms with van der Waals surface area (Å²) in [4.78, 5) is 38.2. The standard InChI is InChI=1S/C30H29Cl2N3O5.C4H11N/c31-23-14-24(32)16-25(15-23)34-30(40)35(26-12-10-21(11-13-26)20-4-2-1-3-5-20)18-19-6-8-22(9-7-19)28(37)33-17-27(36)29(38)39;1-4(2,3)5/h4,6-16,27,36H,1-3,5,17-18H2,(H,33,37)(H,34,40)(H,38,39);5H2,1-3H3. The number of aliphatic carboxylic acids is 1. The number of aliphatic hydroxyl groups is 1. The summed E-state index contributed by atoms with van der Waals surface area (Å²) in [6, 6.07) is 18.8. The van der Waals surface area contributed by atoms with Crippen LogP contribution in [0.1, 0.15) is 67.9 Å². The molecule has 0 heterocycles. The number of nitrogens with one attached hydrogen (secondary N) is 2. The topological polar surface area (TPSA) is 145 Å². The second kappa shape index (κ2) is 16.4. The molecule has 1 unspecified atom stereocenters. The maximum absolute atomic E-state index is 13.5. The fourth-order valence-electron chi connectivity index (χ4n) is 4.38. The van der Waals surface area contributed by atoms with Crippen LogP contribution in [0.2, 0.25) is 10.0 Å². The Balaban J connectivity index is 0.00000102. The highest BCUT2D eigenvalue weighted by Gasteiger charge is 2.19. The molecule has 1 atom stereocenters. The summed E-state index contributed by atoms with van der Waals surface area (Å²) < 4.78 is 0. The first kappa shape index (κ1) is 35.6. The summed E-state index contributed by atoms with van der Waals surface area (Å²) >= 11 is 12.2. The molecule has 3 aromatic carbocycles. The summed E-state index contributed by atoms with van der Waals surface area (Å²) in [7, 11) is 0. The van der Waals surface area contributed by atoms with Crippen LogP contribution in [0.25, 0.3) is 5.57 Å². The molecule has 0 fully saturated rings. The van der Waals surface area contributed by atoms with Crippen LogP contribution in [0.15, 0.2) is 72.8 Å². The van der Waals surface area contributed by atoms with E-state index in [2.05, 4.69) is 16.7 Å². The van der Waals surface area contributed by atoms with Crippen LogP contribution >= 0.6 is 23.2 Å². The Labute approximate surface area is 274 Å². The number of nitrogens with zero attached hydrogens (tertiary/aromatic N) is 1. The van der Waals surface area contributed by atoms with Crippen molar-refractivity contribution >= 4 is 58.1 Å². The molecule has 9 nitrogen and oxygen atoms in total. The van der Waals surface area contributed by atoms with E-state index in [1.165, 1.54) is 18.4 Å². The third kappa shape index (κ3) is 12.2. The van der Waals surface area contributed by atoms with Crippen LogP contribution in [0.5, 0.6) is 0 Å². The van der Waals surface area contributed by atoms with Gasteiger partial charge in [-0.1, -0.05) is 53.5 Å². The van der Waals surface area contributed by atoms with Gasteiger partial charge in [0.15, 0.2) is 6.10 Å². The molecule has 0 bridgehead atoms. The Hall–Kier alpha value is -3.89. The van der Waals surface area contributed by atoms with Gasteiger partial charge in [-0.15, -0.1) is 0 Å². The first-order valence-corrected chi connectivity index (χ1v) is 15.4. The van der Waals surface area contributed by atoms with Gasteiger partial charge in [0, 0.05) is 32.5 Å². The Kier molecular flexibility index (Phi) is 13.0.